The summed E-state index contributed by atoms with van der Waals surface area (Å²) in [5.41, 5.74) is 2.97. The molecule has 0 saturated heterocycles. The normalized spacial score (nSPS) is 12.3. The van der Waals surface area contributed by atoms with Crippen LogP contribution >= 0.6 is 0 Å². The van der Waals surface area contributed by atoms with E-state index in [0.717, 1.165) is 11.1 Å². The second-order valence-corrected chi connectivity index (χ2v) is 8.71. The van der Waals surface area contributed by atoms with Gasteiger partial charge in [0.1, 0.15) is 11.5 Å². The molecule has 0 aromatic heterocycles. The molecule has 0 aliphatic carbocycles. The molecule has 0 fully saturated rings. The van der Waals surface area contributed by atoms with Crippen molar-refractivity contribution in [2.45, 2.75) is 52.4 Å². The summed E-state index contributed by atoms with van der Waals surface area (Å²) < 4.78 is 11.0. The second kappa shape index (κ2) is 7.99. The Balaban J connectivity index is 2.28. The van der Waals surface area contributed by atoms with Gasteiger partial charge in [-0.05, 0) is 34.6 Å². The van der Waals surface area contributed by atoms with Gasteiger partial charge in [-0.15, -0.1) is 0 Å². The molecule has 3 nitrogen and oxygen atoms in total. The van der Waals surface area contributed by atoms with Crippen molar-refractivity contribution in [3.8, 4) is 11.5 Å². The molecular formula is C24H30O3. The minimum absolute atomic E-state index is 0.0340. The molecule has 0 unspecified atom stereocenters. The fourth-order valence-corrected chi connectivity index (χ4v) is 2.78. The maximum absolute atomic E-state index is 12.4. The SMILES string of the molecule is COc1ccccc1C=CC(=O)Oc1ccc(C(C)(C)C)cc1C(C)(C)C. The number of carbonyl (C=O) groups excluding carboxylic acids is 1. The monoisotopic (exact) mass is 366 g/mol. The standard InChI is InChI=1S/C24H30O3/c1-23(2,3)18-13-14-21(19(16-18)24(4,5)6)27-22(25)15-12-17-10-8-9-11-20(17)26-7/h8-16H,1-7H3. The number of ether oxygens (including phenoxy) is 2. The first kappa shape index (κ1) is 20.8. The Bertz CT molecular complexity index is 833. The van der Waals surface area contributed by atoms with Crippen LogP contribution in [-0.2, 0) is 15.6 Å². The van der Waals surface area contributed by atoms with E-state index < -0.39 is 5.97 Å². The van der Waals surface area contributed by atoms with Gasteiger partial charge in [-0.3, -0.25) is 0 Å². The average molecular weight is 367 g/mol. The number of benzene rings is 2. The van der Waals surface area contributed by atoms with Crippen LogP contribution in [0.4, 0.5) is 0 Å². The van der Waals surface area contributed by atoms with Crippen LogP contribution in [0.25, 0.3) is 6.08 Å². The van der Waals surface area contributed by atoms with Crippen molar-refractivity contribution in [3.05, 3.63) is 65.2 Å². The van der Waals surface area contributed by atoms with Crippen molar-refractivity contribution in [1.82, 2.24) is 0 Å². The van der Waals surface area contributed by atoms with E-state index in [4.69, 9.17) is 9.47 Å². The number of hydrogen-bond acceptors (Lipinski definition) is 3. The predicted molar refractivity (Wildman–Crippen MR) is 112 cm³/mol. The zero-order valence-electron chi connectivity index (χ0n) is 17.4. The van der Waals surface area contributed by atoms with Crippen molar-refractivity contribution in [3.63, 3.8) is 0 Å². The first-order valence-electron chi connectivity index (χ1n) is 9.20. The fourth-order valence-electron chi connectivity index (χ4n) is 2.78. The van der Waals surface area contributed by atoms with Crippen molar-refractivity contribution in [1.29, 1.82) is 0 Å². The van der Waals surface area contributed by atoms with Crippen LogP contribution in [0.15, 0.2) is 48.5 Å². The first-order valence-corrected chi connectivity index (χ1v) is 9.20. The molecule has 144 valence electrons. The summed E-state index contributed by atoms with van der Waals surface area (Å²) in [6, 6.07) is 13.6. The Morgan fingerprint density at radius 1 is 0.889 bits per heavy atom. The Morgan fingerprint density at radius 3 is 2.15 bits per heavy atom. The third kappa shape index (κ3) is 5.46. The summed E-state index contributed by atoms with van der Waals surface area (Å²) in [5, 5.41) is 0. The molecule has 0 aliphatic heterocycles. The first-order chi connectivity index (χ1) is 12.5. The zero-order valence-corrected chi connectivity index (χ0v) is 17.4. The summed E-state index contributed by atoms with van der Waals surface area (Å²) in [7, 11) is 1.61. The van der Waals surface area contributed by atoms with Gasteiger partial charge in [-0.1, -0.05) is 71.9 Å². The highest BCUT2D eigenvalue weighted by Gasteiger charge is 2.23. The van der Waals surface area contributed by atoms with E-state index in [1.54, 1.807) is 13.2 Å². The lowest BCUT2D eigenvalue weighted by Gasteiger charge is -2.26. The van der Waals surface area contributed by atoms with Crippen LogP contribution in [0.2, 0.25) is 0 Å². The lowest BCUT2D eigenvalue weighted by atomic mass is 9.80. The minimum atomic E-state index is -0.407. The topological polar surface area (TPSA) is 35.5 Å². The summed E-state index contributed by atoms with van der Waals surface area (Å²) in [4.78, 5) is 12.4. The van der Waals surface area contributed by atoms with E-state index in [2.05, 4.69) is 47.6 Å². The van der Waals surface area contributed by atoms with Gasteiger partial charge < -0.3 is 9.47 Å². The van der Waals surface area contributed by atoms with Crippen molar-refractivity contribution in [2.75, 3.05) is 7.11 Å². The Hall–Kier alpha value is -2.55. The zero-order chi connectivity index (χ0) is 20.2. The summed E-state index contributed by atoms with van der Waals surface area (Å²) >= 11 is 0. The molecule has 0 aliphatic rings. The number of para-hydroxylation sites is 1. The number of rotatable bonds is 4. The Kier molecular flexibility index (Phi) is 6.15. The highest BCUT2D eigenvalue weighted by Crippen LogP contribution is 2.35. The van der Waals surface area contributed by atoms with Gasteiger partial charge in [-0.2, -0.15) is 0 Å². The number of hydrogen-bond donors (Lipinski definition) is 0. The number of esters is 1. The molecule has 2 aromatic rings. The largest absolute Gasteiger partial charge is 0.496 e. The summed E-state index contributed by atoms with van der Waals surface area (Å²) in [6.07, 6.45) is 3.14. The molecule has 27 heavy (non-hydrogen) atoms. The minimum Gasteiger partial charge on any atom is -0.496 e. The van der Waals surface area contributed by atoms with Crippen molar-refractivity contribution < 1.29 is 14.3 Å². The van der Waals surface area contributed by atoms with Crippen LogP contribution in [0.3, 0.4) is 0 Å². The van der Waals surface area contributed by atoms with E-state index in [1.807, 2.05) is 36.4 Å². The van der Waals surface area contributed by atoms with Crippen molar-refractivity contribution in [2.24, 2.45) is 0 Å². The second-order valence-electron chi connectivity index (χ2n) is 8.71. The van der Waals surface area contributed by atoms with Crippen LogP contribution in [-0.4, -0.2) is 13.1 Å². The molecule has 2 aromatic carbocycles. The Labute approximate surface area is 163 Å². The van der Waals surface area contributed by atoms with Gasteiger partial charge in [0.2, 0.25) is 0 Å². The highest BCUT2D eigenvalue weighted by molar-refractivity contribution is 5.89. The predicted octanol–water partition coefficient (Wildman–Crippen LogP) is 5.91. The summed E-state index contributed by atoms with van der Waals surface area (Å²) in [6.45, 7) is 12.9. The van der Waals surface area contributed by atoms with Crippen LogP contribution in [0.1, 0.15) is 58.2 Å². The third-order valence-electron chi connectivity index (χ3n) is 4.40. The van der Waals surface area contributed by atoms with Crippen LogP contribution in [0.5, 0.6) is 11.5 Å². The number of methoxy groups -OCH3 is 1. The molecule has 0 atom stereocenters. The van der Waals surface area contributed by atoms with E-state index in [1.165, 1.54) is 11.6 Å². The molecule has 0 spiro atoms. The van der Waals surface area contributed by atoms with Crippen molar-refractivity contribution >= 4 is 12.0 Å². The van der Waals surface area contributed by atoms with Gasteiger partial charge in [0.05, 0.1) is 7.11 Å². The van der Waals surface area contributed by atoms with Crippen LogP contribution in [0, 0.1) is 0 Å². The van der Waals surface area contributed by atoms with Crippen LogP contribution < -0.4 is 9.47 Å². The fraction of sp³-hybridized carbons (Fsp3) is 0.375. The molecule has 0 radical (unpaired) electrons. The number of carbonyl (C=O) groups is 1. The lowest BCUT2D eigenvalue weighted by molar-refractivity contribution is -0.128. The molecule has 0 heterocycles. The molecule has 0 amide bonds. The van der Waals surface area contributed by atoms with E-state index in [-0.39, 0.29) is 10.8 Å². The highest BCUT2D eigenvalue weighted by atomic mass is 16.5. The quantitative estimate of drug-likeness (QED) is 0.383. The average Bonchev–Trinajstić information content (AvgIpc) is 2.58. The maximum atomic E-state index is 12.4. The Morgan fingerprint density at radius 2 is 1.56 bits per heavy atom. The van der Waals surface area contributed by atoms with E-state index >= 15 is 0 Å². The molecule has 0 saturated carbocycles. The lowest BCUT2D eigenvalue weighted by Crippen LogP contribution is -2.18. The molecule has 0 N–H and O–H groups in total. The van der Waals surface area contributed by atoms with Gasteiger partial charge in [0, 0.05) is 17.2 Å². The van der Waals surface area contributed by atoms with E-state index in [0.29, 0.717) is 11.5 Å². The smallest absolute Gasteiger partial charge is 0.336 e. The third-order valence-corrected chi connectivity index (χ3v) is 4.40. The van der Waals surface area contributed by atoms with Gasteiger partial charge >= 0.3 is 5.97 Å². The molecule has 0 bridgehead atoms. The van der Waals surface area contributed by atoms with Gasteiger partial charge in [-0.25, -0.2) is 4.79 Å². The summed E-state index contributed by atoms with van der Waals surface area (Å²) in [5.74, 6) is 0.909. The van der Waals surface area contributed by atoms with E-state index in [9.17, 15) is 4.79 Å². The van der Waals surface area contributed by atoms with Gasteiger partial charge in [0.15, 0.2) is 0 Å². The molecular weight excluding hydrogens is 336 g/mol. The molecule has 2 rings (SSSR count). The maximum Gasteiger partial charge on any atom is 0.336 e. The van der Waals surface area contributed by atoms with Gasteiger partial charge in [0.25, 0.3) is 0 Å². The molecule has 3 heteroatoms.